The quantitative estimate of drug-likeness (QED) is 0.619. The molecular weight excluding hydrogens is 246 g/mol. The van der Waals surface area contributed by atoms with E-state index in [1.165, 1.54) is 6.33 Å². The van der Waals surface area contributed by atoms with Crippen LogP contribution in [0.25, 0.3) is 0 Å². The molecule has 0 saturated heterocycles. The highest BCUT2D eigenvalue weighted by Crippen LogP contribution is 2.15. The van der Waals surface area contributed by atoms with Crippen LogP contribution in [0.4, 0.5) is 0 Å². The number of para-hydroxylation sites is 1. The van der Waals surface area contributed by atoms with Crippen LogP contribution in [0.15, 0.2) is 36.8 Å². The average molecular weight is 261 g/mol. The summed E-state index contributed by atoms with van der Waals surface area (Å²) in [6.07, 6.45) is 3.41. The fourth-order valence-electron chi connectivity index (χ4n) is 1.76. The van der Waals surface area contributed by atoms with Crippen LogP contribution in [0.1, 0.15) is 11.3 Å². The van der Waals surface area contributed by atoms with Crippen LogP contribution in [0.2, 0.25) is 0 Å². The van der Waals surface area contributed by atoms with Crippen LogP contribution in [0.5, 0.6) is 5.75 Å². The molecule has 1 unspecified atom stereocenters. The molecule has 0 amide bonds. The number of aliphatic carboxylic acids is 1. The van der Waals surface area contributed by atoms with E-state index in [-0.39, 0.29) is 12.3 Å². The monoisotopic (exact) mass is 261 g/mol. The Morgan fingerprint density at radius 1 is 1.42 bits per heavy atom. The third-order valence-corrected chi connectivity index (χ3v) is 2.81. The maximum atomic E-state index is 11.2. The van der Waals surface area contributed by atoms with Gasteiger partial charge in [-0.2, -0.15) is 0 Å². The van der Waals surface area contributed by atoms with E-state index >= 15 is 0 Å². The van der Waals surface area contributed by atoms with Gasteiger partial charge < -0.3 is 15.2 Å². The van der Waals surface area contributed by atoms with Crippen LogP contribution < -0.4 is 5.32 Å². The second kappa shape index (κ2) is 6.01. The maximum Gasteiger partial charge on any atom is 0.321 e. The van der Waals surface area contributed by atoms with Crippen molar-refractivity contribution >= 4 is 5.97 Å². The number of aromatic amines is 1. The van der Waals surface area contributed by atoms with Gasteiger partial charge in [0.25, 0.3) is 0 Å². The molecular formula is C13H15N3O3. The van der Waals surface area contributed by atoms with Crippen LogP contribution in [0, 0.1) is 0 Å². The Kier molecular flexibility index (Phi) is 4.15. The average Bonchev–Trinajstić information content (AvgIpc) is 2.88. The number of rotatable bonds is 6. The molecule has 4 N–H and O–H groups in total. The molecule has 6 nitrogen and oxygen atoms in total. The first-order valence-corrected chi connectivity index (χ1v) is 5.87. The lowest BCUT2D eigenvalue weighted by Crippen LogP contribution is -2.38. The molecule has 0 fully saturated rings. The van der Waals surface area contributed by atoms with Crippen molar-refractivity contribution in [1.82, 2.24) is 15.3 Å². The van der Waals surface area contributed by atoms with Gasteiger partial charge in [-0.3, -0.25) is 10.1 Å². The zero-order valence-corrected chi connectivity index (χ0v) is 10.2. The minimum Gasteiger partial charge on any atom is -0.508 e. The summed E-state index contributed by atoms with van der Waals surface area (Å²) in [7, 11) is 0. The summed E-state index contributed by atoms with van der Waals surface area (Å²) in [5, 5.41) is 21.7. The number of hydrogen-bond acceptors (Lipinski definition) is 4. The molecule has 1 aromatic heterocycles. The fourth-order valence-corrected chi connectivity index (χ4v) is 1.76. The molecule has 0 aliphatic carbocycles. The van der Waals surface area contributed by atoms with Crippen molar-refractivity contribution in [3.8, 4) is 5.75 Å². The molecule has 1 heterocycles. The van der Waals surface area contributed by atoms with Gasteiger partial charge in [0, 0.05) is 30.4 Å². The standard InChI is InChI=1S/C13H15N3O3/c17-12-4-2-1-3-9(12)6-15-11(13(18)19)5-10-7-14-8-16-10/h1-4,7-8,11,15,17H,5-6H2,(H,14,16)(H,18,19). The number of nitrogens with zero attached hydrogens (tertiary/aromatic N) is 1. The predicted octanol–water partition coefficient (Wildman–Crippen LogP) is 0.901. The lowest BCUT2D eigenvalue weighted by molar-refractivity contribution is -0.139. The van der Waals surface area contributed by atoms with Crippen LogP contribution >= 0.6 is 0 Å². The number of carboxylic acid groups (broad SMARTS) is 1. The van der Waals surface area contributed by atoms with Crippen molar-refractivity contribution in [2.45, 2.75) is 19.0 Å². The molecule has 1 atom stereocenters. The summed E-state index contributed by atoms with van der Waals surface area (Å²) in [6, 6.07) is 6.10. The number of carboxylic acids is 1. The van der Waals surface area contributed by atoms with Crippen LogP contribution in [-0.4, -0.2) is 32.2 Å². The number of imidazole rings is 1. The summed E-state index contributed by atoms with van der Waals surface area (Å²) in [5.41, 5.74) is 1.41. The number of aromatic nitrogens is 2. The zero-order valence-electron chi connectivity index (χ0n) is 10.2. The van der Waals surface area contributed by atoms with Gasteiger partial charge in [0.2, 0.25) is 0 Å². The van der Waals surface area contributed by atoms with E-state index in [2.05, 4.69) is 15.3 Å². The van der Waals surface area contributed by atoms with Crippen LogP contribution in [-0.2, 0) is 17.8 Å². The third kappa shape index (κ3) is 3.56. The van der Waals surface area contributed by atoms with Crippen molar-refractivity contribution in [1.29, 1.82) is 0 Å². The maximum absolute atomic E-state index is 11.2. The van der Waals surface area contributed by atoms with E-state index < -0.39 is 12.0 Å². The minimum absolute atomic E-state index is 0.153. The zero-order chi connectivity index (χ0) is 13.7. The molecule has 100 valence electrons. The van der Waals surface area contributed by atoms with Crippen molar-refractivity contribution in [2.75, 3.05) is 0 Å². The van der Waals surface area contributed by atoms with E-state index in [4.69, 9.17) is 5.11 Å². The Morgan fingerprint density at radius 3 is 2.84 bits per heavy atom. The number of benzene rings is 1. The molecule has 0 spiro atoms. The highest BCUT2D eigenvalue weighted by atomic mass is 16.4. The van der Waals surface area contributed by atoms with Gasteiger partial charge in [0.1, 0.15) is 11.8 Å². The lowest BCUT2D eigenvalue weighted by atomic mass is 10.1. The fraction of sp³-hybridized carbons (Fsp3) is 0.231. The number of phenols is 1. The second-order valence-electron chi connectivity index (χ2n) is 4.18. The summed E-state index contributed by atoms with van der Waals surface area (Å²) in [4.78, 5) is 17.9. The summed E-state index contributed by atoms with van der Waals surface area (Å²) in [5.74, 6) is -0.786. The molecule has 0 bridgehead atoms. The highest BCUT2D eigenvalue weighted by molar-refractivity contribution is 5.73. The summed E-state index contributed by atoms with van der Waals surface area (Å²) in [6.45, 7) is 0.289. The number of nitrogens with one attached hydrogen (secondary N) is 2. The Balaban J connectivity index is 1.98. The molecule has 0 radical (unpaired) electrons. The predicted molar refractivity (Wildman–Crippen MR) is 68.7 cm³/mol. The number of hydrogen-bond donors (Lipinski definition) is 4. The lowest BCUT2D eigenvalue weighted by Gasteiger charge is -2.14. The van der Waals surface area contributed by atoms with Gasteiger partial charge in [-0.15, -0.1) is 0 Å². The minimum atomic E-state index is -0.940. The van der Waals surface area contributed by atoms with E-state index in [1.807, 2.05) is 0 Å². The summed E-state index contributed by atoms with van der Waals surface area (Å²) < 4.78 is 0. The highest BCUT2D eigenvalue weighted by Gasteiger charge is 2.18. The Morgan fingerprint density at radius 2 is 2.21 bits per heavy atom. The summed E-state index contributed by atoms with van der Waals surface area (Å²) >= 11 is 0. The first-order valence-electron chi connectivity index (χ1n) is 5.87. The van der Waals surface area contributed by atoms with Crippen molar-refractivity contribution in [3.63, 3.8) is 0 Å². The Hall–Kier alpha value is -2.34. The third-order valence-electron chi connectivity index (χ3n) is 2.81. The number of phenolic OH excluding ortho intramolecular Hbond substituents is 1. The first kappa shape index (κ1) is 13.1. The Labute approximate surface area is 110 Å². The van der Waals surface area contributed by atoms with Gasteiger partial charge in [-0.05, 0) is 6.07 Å². The van der Waals surface area contributed by atoms with Gasteiger partial charge in [0.15, 0.2) is 0 Å². The van der Waals surface area contributed by atoms with E-state index in [1.54, 1.807) is 30.5 Å². The molecule has 0 saturated carbocycles. The topological polar surface area (TPSA) is 98.2 Å². The van der Waals surface area contributed by atoms with E-state index in [0.29, 0.717) is 12.0 Å². The smallest absolute Gasteiger partial charge is 0.321 e. The van der Waals surface area contributed by atoms with Gasteiger partial charge >= 0.3 is 5.97 Å². The normalized spacial score (nSPS) is 12.2. The van der Waals surface area contributed by atoms with Gasteiger partial charge in [-0.25, -0.2) is 4.98 Å². The SMILES string of the molecule is O=C(O)C(Cc1cnc[nH]1)NCc1ccccc1O. The van der Waals surface area contributed by atoms with Crippen molar-refractivity contribution in [3.05, 3.63) is 48.0 Å². The molecule has 2 aromatic rings. The number of H-pyrrole nitrogens is 1. The largest absolute Gasteiger partial charge is 0.508 e. The molecule has 2 rings (SSSR count). The molecule has 19 heavy (non-hydrogen) atoms. The second-order valence-corrected chi connectivity index (χ2v) is 4.18. The van der Waals surface area contributed by atoms with E-state index in [0.717, 1.165) is 5.69 Å². The van der Waals surface area contributed by atoms with Crippen molar-refractivity contribution < 1.29 is 15.0 Å². The van der Waals surface area contributed by atoms with Crippen molar-refractivity contribution in [2.24, 2.45) is 0 Å². The molecule has 0 aliphatic rings. The van der Waals surface area contributed by atoms with E-state index in [9.17, 15) is 9.90 Å². The number of carbonyl (C=O) groups is 1. The van der Waals surface area contributed by atoms with Crippen LogP contribution in [0.3, 0.4) is 0 Å². The Bertz CT molecular complexity index is 540. The molecule has 1 aromatic carbocycles. The number of aromatic hydroxyl groups is 1. The van der Waals surface area contributed by atoms with Gasteiger partial charge in [-0.1, -0.05) is 18.2 Å². The first-order chi connectivity index (χ1) is 9.16. The van der Waals surface area contributed by atoms with Gasteiger partial charge in [0.05, 0.1) is 6.33 Å². The molecule has 0 aliphatic heterocycles. The molecule has 6 heteroatoms.